The van der Waals surface area contributed by atoms with Crippen LogP contribution in [0.4, 0.5) is 0 Å². The number of carbonyl (C=O) groups excluding carboxylic acids is 2. The molecule has 1 aliphatic rings. The number of ether oxygens (including phenoxy) is 1. The molecule has 88 valence electrons. The zero-order chi connectivity index (χ0) is 12.7. The highest BCUT2D eigenvalue weighted by atomic mass is 16.5. The van der Waals surface area contributed by atoms with Gasteiger partial charge in [0.15, 0.2) is 0 Å². The molecule has 0 saturated heterocycles. The monoisotopic (exact) mass is 238 g/mol. The van der Waals surface area contributed by atoms with Crippen LogP contribution in [0.15, 0.2) is 42.5 Å². The molecule has 2 aromatic rings. The van der Waals surface area contributed by atoms with Crippen molar-refractivity contribution in [3.8, 4) is 16.9 Å². The molecule has 0 heterocycles. The van der Waals surface area contributed by atoms with Gasteiger partial charge in [-0.25, -0.2) is 0 Å². The minimum Gasteiger partial charge on any atom is -0.497 e. The van der Waals surface area contributed by atoms with Crippen LogP contribution in [0.5, 0.6) is 5.75 Å². The summed E-state index contributed by atoms with van der Waals surface area (Å²) in [7, 11) is 1.57. The standard InChI is InChI=1S/C15H10O3/c1-18-9-6-7-12-13(8-9)10-4-2-3-5-11(10)14(16)15(12)17/h2-8H,1H3. The molecule has 3 heteroatoms. The first-order chi connectivity index (χ1) is 8.72. The van der Waals surface area contributed by atoms with Gasteiger partial charge in [-0.2, -0.15) is 0 Å². The van der Waals surface area contributed by atoms with Crippen molar-refractivity contribution < 1.29 is 14.3 Å². The van der Waals surface area contributed by atoms with E-state index in [2.05, 4.69) is 0 Å². The van der Waals surface area contributed by atoms with Crippen LogP contribution in [0, 0.1) is 0 Å². The molecule has 0 unspecified atom stereocenters. The molecule has 3 nitrogen and oxygen atoms in total. The lowest BCUT2D eigenvalue weighted by molar-refractivity contribution is 0.0815. The lowest BCUT2D eigenvalue weighted by atomic mass is 9.84. The van der Waals surface area contributed by atoms with Crippen molar-refractivity contribution in [2.75, 3.05) is 7.11 Å². The molecular weight excluding hydrogens is 228 g/mol. The van der Waals surface area contributed by atoms with Gasteiger partial charge in [-0.15, -0.1) is 0 Å². The van der Waals surface area contributed by atoms with E-state index in [1.165, 1.54) is 0 Å². The van der Waals surface area contributed by atoms with Gasteiger partial charge < -0.3 is 4.74 Å². The summed E-state index contributed by atoms with van der Waals surface area (Å²) in [6, 6.07) is 12.3. The zero-order valence-electron chi connectivity index (χ0n) is 9.77. The van der Waals surface area contributed by atoms with Gasteiger partial charge in [0.1, 0.15) is 5.75 Å². The Morgan fingerprint density at radius 1 is 0.778 bits per heavy atom. The van der Waals surface area contributed by atoms with Gasteiger partial charge in [-0.3, -0.25) is 9.59 Å². The van der Waals surface area contributed by atoms with Crippen molar-refractivity contribution in [2.45, 2.75) is 0 Å². The van der Waals surface area contributed by atoms with Crippen LogP contribution in [0.1, 0.15) is 20.7 Å². The normalized spacial score (nSPS) is 12.9. The van der Waals surface area contributed by atoms with Crippen molar-refractivity contribution in [1.82, 2.24) is 0 Å². The minimum absolute atomic E-state index is 0.441. The van der Waals surface area contributed by atoms with Crippen LogP contribution in [0.25, 0.3) is 11.1 Å². The van der Waals surface area contributed by atoms with Crippen LogP contribution >= 0.6 is 0 Å². The average Bonchev–Trinajstić information content (AvgIpc) is 2.44. The van der Waals surface area contributed by atoms with E-state index in [4.69, 9.17) is 4.74 Å². The molecule has 2 aromatic carbocycles. The first-order valence-corrected chi connectivity index (χ1v) is 5.59. The third kappa shape index (κ3) is 1.37. The van der Waals surface area contributed by atoms with Crippen LogP contribution in [-0.2, 0) is 0 Å². The van der Waals surface area contributed by atoms with E-state index < -0.39 is 11.6 Å². The zero-order valence-corrected chi connectivity index (χ0v) is 9.77. The Labute approximate surface area is 104 Å². The highest BCUT2D eigenvalue weighted by Crippen LogP contribution is 2.35. The van der Waals surface area contributed by atoms with E-state index in [-0.39, 0.29) is 0 Å². The number of hydrogen-bond donors (Lipinski definition) is 0. The molecule has 3 rings (SSSR count). The number of ketones is 2. The molecule has 0 spiro atoms. The Morgan fingerprint density at radius 3 is 2.06 bits per heavy atom. The maximum atomic E-state index is 12.0. The maximum Gasteiger partial charge on any atom is 0.234 e. The topological polar surface area (TPSA) is 43.4 Å². The summed E-state index contributed by atoms with van der Waals surface area (Å²) in [5, 5.41) is 0. The largest absolute Gasteiger partial charge is 0.497 e. The van der Waals surface area contributed by atoms with Gasteiger partial charge in [0.05, 0.1) is 7.11 Å². The number of hydrogen-bond acceptors (Lipinski definition) is 3. The minimum atomic E-state index is -0.452. The molecule has 0 atom stereocenters. The number of carbonyl (C=O) groups is 2. The fourth-order valence-electron chi connectivity index (χ4n) is 2.23. The summed E-state index contributed by atoms with van der Waals surface area (Å²) >= 11 is 0. The van der Waals surface area contributed by atoms with Crippen LogP contribution in [0.3, 0.4) is 0 Å². The Bertz CT molecular complexity index is 671. The summed E-state index contributed by atoms with van der Waals surface area (Å²) in [6.07, 6.45) is 0. The summed E-state index contributed by atoms with van der Waals surface area (Å²) in [6.45, 7) is 0. The second kappa shape index (κ2) is 3.81. The average molecular weight is 238 g/mol. The number of Topliss-reactive ketones (excluding diaryl/α,β-unsaturated/α-hetero) is 2. The fraction of sp³-hybridized carbons (Fsp3) is 0.0667. The van der Waals surface area contributed by atoms with E-state index >= 15 is 0 Å². The van der Waals surface area contributed by atoms with E-state index in [0.717, 1.165) is 11.1 Å². The van der Waals surface area contributed by atoms with Gasteiger partial charge in [0.2, 0.25) is 11.6 Å². The highest BCUT2D eigenvalue weighted by molar-refractivity contribution is 6.53. The molecule has 0 amide bonds. The Kier molecular flexibility index (Phi) is 2.27. The van der Waals surface area contributed by atoms with E-state index in [1.54, 1.807) is 37.4 Å². The Morgan fingerprint density at radius 2 is 1.39 bits per heavy atom. The van der Waals surface area contributed by atoms with Gasteiger partial charge >= 0.3 is 0 Å². The Balaban J connectivity index is 2.35. The van der Waals surface area contributed by atoms with Crippen molar-refractivity contribution in [2.24, 2.45) is 0 Å². The number of fused-ring (bicyclic) bond motifs is 3. The molecule has 18 heavy (non-hydrogen) atoms. The van der Waals surface area contributed by atoms with Crippen molar-refractivity contribution >= 4 is 11.6 Å². The number of rotatable bonds is 1. The SMILES string of the molecule is COc1ccc2c(c1)-c1ccccc1C(=O)C2=O. The highest BCUT2D eigenvalue weighted by Gasteiger charge is 2.30. The molecule has 0 radical (unpaired) electrons. The summed E-state index contributed by atoms with van der Waals surface area (Å²) in [5.74, 6) is -0.222. The summed E-state index contributed by atoms with van der Waals surface area (Å²) in [4.78, 5) is 23.9. The van der Waals surface area contributed by atoms with Gasteiger partial charge in [0, 0.05) is 11.1 Å². The van der Waals surface area contributed by atoms with E-state index in [9.17, 15) is 9.59 Å². The predicted octanol–water partition coefficient (Wildman–Crippen LogP) is 2.74. The van der Waals surface area contributed by atoms with Crippen molar-refractivity contribution in [3.05, 3.63) is 53.6 Å². The van der Waals surface area contributed by atoms with Crippen LogP contribution in [0.2, 0.25) is 0 Å². The molecule has 1 aliphatic carbocycles. The third-order valence-corrected chi connectivity index (χ3v) is 3.14. The predicted molar refractivity (Wildman–Crippen MR) is 67.1 cm³/mol. The van der Waals surface area contributed by atoms with Crippen molar-refractivity contribution in [1.29, 1.82) is 0 Å². The molecule has 0 bridgehead atoms. The molecule has 0 aromatic heterocycles. The molecular formula is C15H10O3. The van der Waals surface area contributed by atoms with Crippen LogP contribution < -0.4 is 4.74 Å². The van der Waals surface area contributed by atoms with Gasteiger partial charge in [-0.05, 0) is 29.3 Å². The molecule has 0 fully saturated rings. The van der Waals surface area contributed by atoms with E-state index in [0.29, 0.717) is 16.9 Å². The second-order valence-corrected chi connectivity index (χ2v) is 4.12. The van der Waals surface area contributed by atoms with Crippen LogP contribution in [-0.4, -0.2) is 18.7 Å². The van der Waals surface area contributed by atoms with Gasteiger partial charge in [0.25, 0.3) is 0 Å². The number of methoxy groups -OCH3 is 1. The first-order valence-electron chi connectivity index (χ1n) is 5.59. The summed E-state index contributed by atoms with van der Waals surface area (Å²) in [5.41, 5.74) is 2.45. The third-order valence-electron chi connectivity index (χ3n) is 3.14. The lowest BCUT2D eigenvalue weighted by Crippen LogP contribution is -2.21. The molecule has 0 saturated carbocycles. The van der Waals surface area contributed by atoms with Crippen molar-refractivity contribution in [3.63, 3.8) is 0 Å². The first kappa shape index (κ1) is 10.7. The van der Waals surface area contributed by atoms with Gasteiger partial charge in [-0.1, -0.05) is 24.3 Å². The molecule has 0 aliphatic heterocycles. The quantitative estimate of drug-likeness (QED) is 0.717. The Hall–Kier alpha value is -2.42. The maximum absolute atomic E-state index is 12.0. The number of benzene rings is 2. The van der Waals surface area contributed by atoms with E-state index in [1.807, 2.05) is 12.1 Å². The summed E-state index contributed by atoms with van der Waals surface area (Å²) < 4.78 is 5.16. The smallest absolute Gasteiger partial charge is 0.234 e. The fourth-order valence-corrected chi connectivity index (χ4v) is 2.23. The molecule has 0 N–H and O–H groups in total. The lowest BCUT2D eigenvalue weighted by Gasteiger charge is -2.18. The second-order valence-electron chi connectivity index (χ2n) is 4.12.